The molecule has 0 aliphatic carbocycles. The number of unbranched alkanes of at least 4 members (excludes halogenated alkanes) is 2. The molecule has 1 nitrogen and oxygen atoms in total. The van der Waals surface area contributed by atoms with Crippen LogP contribution in [0, 0.1) is 5.41 Å². The molecule has 16 heavy (non-hydrogen) atoms. The minimum Gasteiger partial charge on any atom is -0.299 e. The summed E-state index contributed by atoms with van der Waals surface area (Å²) in [5, 5.41) is 0. The molecule has 1 atom stereocenters. The Kier molecular flexibility index (Phi) is 8.60. The third kappa shape index (κ3) is 4.67. The fourth-order valence-electron chi connectivity index (χ4n) is 2.64. The molecule has 0 saturated heterocycles. The van der Waals surface area contributed by atoms with Gasteiger partial charge in [0.15, 0.2) is 0 Å². The second-order valence-corrected chi connectivity index (χ2v) is 5.01. The second-order valence-electron chi connectivity index (χ2n) is 5.01. The number of ketones is 1. The fraction of sp³-hybridized carbons (Fsp3) is 0.933. The summed E-state index contributed by atoms with van der Waals surface area (Å²) in [5.74, 6) is 0.524. The molecule has 0 aliphatic heterocycles. The number of carbonyl (C=O) groups excluding carboxylic acids is 1. The van der Waals surface area contributed by atoms with Crippen LogP contribution in [0.1, 0.15) is 85.5 Å². The predicted molar refractivity (Wildman–Crippen MR) is 71.7 cm³/mol. The van der Waals surface area contributed by atoms with Crippen molar-refractivity contribution in [2.24, 2.45) is 5.41 Å². The lowest BCUT2D eigenvalue weighted by Crippen LogP contribution is -2.30. The third-order valence-corrected chi connectivity index (χ3v) is 3.73. The minimum atomic E-state index is 0.0138. The molecule has 0 radical (unpaired) electrons. The van der Waals surface area contributed by atoms with Gasteiger partial charge in [-0.1, -0.05) is 53.4 Å². The van der Waals surface area contributed by atoms with Crippen LogP contribution < -0.4 is 0 Å². The van der Waals surface area contributed by atoms with E-state index in [-0.39, 0.29) is 5.41 Å². The highest BCUT2D eigenvalue weighted by atomic mass is 16.1. The van der Waals surface area contributed by atoms with Crippen LogP contribution in [0.25, 0.3) is 0 Å². The molecule has 96 valence electrons. The van der Waals surface area contributed by atoms with E-state index in [1.807, 2.05) is 0 Å². The molecule has 0 amide bonds. The summed E-state index contributed by atoms with van der Waals surface area (Å²) in [6, 6.07) is 0. The molecule has 0 fully saturated rings. The average Bonchev–Trinajstić information content (AvgIpc) is 2.28. The lowest BCUT2D eigenvalue weighted by atomic mass is 9.72. The second kappa shape index (κ2) is 8.78. The number of rotatable bonds is 10. The van der Waals surface area contributed by atoms with Crippen molar-refractivity contribution in [2.75, 3.05) is 0 Å². The largest absolute Gasteiger partial charge is 0.299 e. The minimum absolute atomic E-state index is 0.0138. The average molecular weight is 226 g/mol. The van der Waals surface area contributed by atoms with E-state index in [1.54, 1.807) is 0 Å². The molecule has 0 saturated carbocycles. The van der Waals surface area contributed by atoms with E-state index in [4.69, 9.17) is 0 Å². The van der Waals surface area contributed by atoms with Gasteiger partial charge in [0.25, 0.3) is 0 Å². The monoisotopic (exact) mass is 226 g/mol. The number of Topliss-reactive ketones (excluding diaryl/α,β-unsaturated/α-hetero) is 1. The highest BCUT2D eigenvalue weighted by Crippen LogP contribution is 2.36. The normalized spacial score (nSPS) is 14.8. The van der Waals surface area contributed by atoms with Crippen molar-refractivity contribution in [2.45, 2.75) is 85.5 Å². The highest BCUT2D eigenvalue weighted by molar-refractivity contribution is 5.84. The first-order valence-electron chi connectivity index (χ1n) is 7.20. The van der Waals surface area contributed by atoms with Crippen LogP contribution in [0.15, 0.2) is 0 Å². The van der Waals surface area contributed by atoms with Gasteiger partial charge in [0, 0.05) is 11.8 Å². The molecular weight excluding hydrogens is 196 g/mol. The summed E-state index contributed by atoms with van der Waals surface area (Å²) in [6.45, 7) is 8.72. The van der Waals surface area contributed by atoms with Gasteiger partial charge < -0.3 is 0 Å². The Labute approximate surface area is 102 Å². The molecule has 0 aromatic carbocycles. The predicted octanol–water partition coefficient (Wildman–Crippen LogP) is 5.13. The molecule has 0 rings (SSSR count). The Morgan fingerprint density at radius 2 is 1.56 bits per heavy atom. The summed E-state index contributed by atoms with van der Waals surface area (Å²) in [7, 11) is 0. The molecule has 0 aromatic rings. The van der Waals surface area contributed by atoms with E-state index in [0.717, 1.165) is 38.5 Å². The van der Waals surface area contributed by atoms with Crippen LogP contribution in [-0.2, 0) is 4.79 Å². The first-order valence-corrected chi connectivity index (χ1v) is 7.20. The molecule has 0 bridgehead atoms. The van der Waals surface area contributed by atoms with Crippen molar-refractivity contribution < 1.29 is 4.79 Å². The van der Waals surface area contributed by atoms with Crippen LogP contribution in [0.5, 0.6) is 0 Å². The lowest BCUT2D eigenvalue weighted by Gasteiger charge is -2.31. The summed E-state index contributed by atoms with van der Waals surface area (Å²) in [5.41, 5.74) is 0.0138. The van der Waals surface area contributed by atoms with Crippen molar-refractivity contribution >= 4 is 5.78 Å². The number of hydrogen-bond acceptors (Lipinski definition) is 1. The molecule has 0 heterocycles. The maximum Gasteiger partial charge on any atom is 0.139 e. The molecule has 0 N–H and O–H groups in total. The topological polar surface area (TPSA) is 17.1 Å². The molecule has 1 heteroatoms. The smallest absolute Gasteiger partial charge is 0.139 e. The van der Waals surface area contributed by atoms with Gasteiger partial charge in [-0.25, -0.2) is 0 Å². The van der Waals surface area contributed by atoms with Crippen LogP contribution in [-0.4, -0.2) is 5.78 Å². The van der Waals surface area contributed by atoms with Crippen LogP contribution >= 0.6 is 0 Å². The third-order valence-electron chi connectivity index (χ3n) is 3.73. The van der Waals surface area contributed by atoms with Gasteiger partial charge in [-0.2, -0.15) is 0 Å². The van der Waals surface area contributed by atoms with Crippen LogP contribution in [0.4, 0.5) is 0 Å². The van der Waals surface area contributed by atoms with Crippen molar-refractivity contribution in [3.63, 3.8) is 0 Å². The zero-order valence-electron chi connectivity index (χ0n) is 11.8. The first-order chi connectivity index (χ1) is 7.66. The SMILES string of the molecule is CCCCCC(CC)(CCC)C(=O)CCC. The standard InChI is InChI=1S/C15H30O/c1-5-9-10-13-15(8-4,12-7-3)14(16)11-6-2/h5-13H2,1-4H3. The van der Waals surface area contributed by atoms with Gasteiger partial charge in [-0.15, -0.1) is 0 Å². The Bertz CT molecular complexity index is 186. The van der Waals surface area contributed by atoms with Gasteiger partial charge >= 0.3 is 0 Å². The van der Waals surface area contributed by atoms with E-state index in [0.29, 0.717) is 5.78 Å². The quantitative estimate of drug-likeness (QED) is 0.472. The molecule has 1 unspecified atom stereocenters. The van der Waals surface area contributed by atoms with E-state index >= 15 is 0 Å². The Morgan fingerprint density at radius 1 is 0.875 bits per heavy atom. The Balaban J connectivity index is 4.49. The summed E-state index contributed by atoms with van der Waals surface area (Å²) >= 11 is 0. The fourth-order valence-corrected chi connectivity index (χ4v) is 2.64. The number of hydrogen-bond donors (Lipinski definition) is 0. The molecule has 0 aliphatic rings. The van der Waals surface area contributed by atoms with Gasteiger partial charge in [0.05, 0.1) is 0 Å². The Hall–Kier alpha value is -0.330. The highest BCUT2D eigenvalue weighted by Gasteiger charge is 2.33. The number of carbonyl (C=O) groups is 1. The van der Waals surface area contributed by atoms with Gasteiger partial charge in [0.2, 0.25) is 0 Å². The molecule has 0 spiro atoms. The van der Waals surface area contributed by atoms with Gasteiger partial charge in [-0.05, 0) is 25.7 Å². The van der Waals surface area contributed by atoms with E-state index < -0.39 is 0 Å². The van der Waals surface area contributed by atoms with E-state index in [1.165, 1.54) is 19.3 Å². The van der Waals surface area contributed by atoms with Gasteiger partial charge in [0.1, 0.15) is 5.78 Å². The van der Waals surface area contributed by atoms with Crippen molar-refractivity contribution in [3.8, 4) is 0 Å². The van der Waals surface area contributed by atoms with Crippen LogP contribution in [0.2, 0.25) is 0 Å². The summed E-state index contributed by atoms with van der Waals surface area (Å²) in [4.78, 5) is 12.3. The maximum atomic E-state index is 12.3. The first kappa shape index (κ1) is 15.7. The zero-order valence-corrected chi connectivity index (χ0v) is 11.8. The van der Waals surface area contributed by atoms with E-state index in [9.17, 15) is 4.79 Å². The summed E-state index contributed by atoms with van der Waals surface area (Å²) < 4.78 is 0. The zero-order chi connectivity index (χ0) is 12.4. The molecular formula is C15H30O. The van der Waals surface area contributed by atoms with Crippen molar-refractivity contribution in [1.82, 2.24) is 0 Å². The van der Waals surface area contributed by atoms with E-state index in [2.05, 4.69) is 27.7 Å². The lowest BCUT2D eigenvalue weighted by molar-refractivity contribution is -0.130. The van der Waals surface area contributed by atoms with Crippen LogP contribution in [0.3, 0.4) is 0 Å². The Morgan fingerprint density at radius 3 is 2.00 bits per heavy atom. The van der Waals surface area contributed by atoms with Gasteiger partial charge in [-0.3, -0.25) is 4.79 Å². The summed E-state index contributed by atoms with van der Waals surface area (Å²) in [6.07, 6.45) is 9.88. The van der Waals surface area contributed by atoms with Crippen molar-refractivity contribution in [1.29, 1.82) is 0 Å². The maximum absolute atomic E-state index is 12.3. The molecule has 0 aromatic heterocycles. The van der Waals surface area contributed by atoms with Crippen molar-refractivity contribution in [3.05, 3.63) is 0 Å².